The van der Waals surface area contributed by atoms with Crippen molar-refractivity contribution in [1.82, 2.24) is 0 Å². The first-order chi connectivity index (χ1) is 13.5. The minimum Gasteiger partial charge on any atom is -0.497 e. The molecule has 0 aromatic heterocycles. The largest absolute Gasteiger partial charge is 0.497 e. The Morgan fingerprint density at radius 1 is 1.18 bits per heavy atom. The Hall–Kier alpha value is -2.21. The average molecular weight is 448 g/mol. The lowest BCUT2D eigenvalue weighted by Crippen LogP contribution is -2.40. The van der Waals surface area contributed by atoms with Crippen LogP contribution in [0.3, 0.4) is 0 Å². The van der Waals surface area contributed by atoms with Crippen molar-refractivity contribution in [1.29, 1.82) is 0 Å². The highest BCUT2D eigenvalue weighted by Crippen LogP contribution is 2.40. The monoisotopic (exact) mass is 447 g/mol. The van der Waals surface area contributed by atoms with Crippen molar-refractivity contribution in [2.75, 3.05) is 25.7 Å². The molecule has 6 heteroatoms. The van der Waals surface area contributed by atoms with Crippen LogP contribution in [0.25, 0.3) is 0 Å². The summed E-state index contributed by atoms with van der Waals surface area (Å²) in [6.07, 6.45) is 2.30. The van der Waals surface area contributed by atoms with Gasteiger partial charge in [-0.1, -0.05) is 0 Å². The summed E-state index contributed by atoms with van der Waals surface area (Å²) in [6.45, 7) is 4.53. The van der Waals surface area contributed by atoms with Gasteiger partial charge in [-0.05, 0) is 84.9 Å². The molecule has 0 bridgehead atoms. The maximum atomic E-state index is 13.5. The highest BCUT2D eigenvalue weighted by Gasteiger charge is 2.36. The van der Waals surface area contributed by atoms with Crippen LogP contribution in [0.1, 0.15) is 37.0 Å². The molecule has 1 fully saturated rings. The minimum absolute atomic E-state index is 0.0633. The standard InChI is InChI=1S/C22H26BrNO4/c1-5-28-21-19(23)12-16(13-20(21)27-4)22(25)24(14(2)15-6-7-15)17-8-10-18(26-3)11-9-17/h8-15H,5-7H2,1-4H3. The molecule has 0 N–H and O–H groups in total. The van der Waals surface area contributed by atoms with Crippen LogP contribution >= 0.6 is 15.9 Å². The third kappa shape index (κ3) is 4.27. The van der Waals surface area contributed by atoms with Gasteiger partial charge in [-0.3, -0.25) is 4.79 Å². The zero-order valence-corrected chi connectivity index (χ0v) is 18.3. The molecule has 1 unspecified atom stereocenters. The fraction of sp³-hybridized carbons (Fsp3) is 0.409. The van der Waals surface area contributed by atoms with Crippen molar-refractivity contribution in [3.63, 3.8) is 0 Å². The molecule has 3 rings (SSSR count). The second-order valence-electron chi connectivity index (χ2n) is 6.87. The number of carbonyl (C=O) groups excluding carboxylic acids is 1. The minimum atomic E-state index is -0.0633. The Morgan fingerprint density at radius 2 is 1.86 bits per heavy atom. The lowest BCUT2D eigenvalue weighted by molar-refractivity contribution is 0.0975. The van der Waals surface area contributed by atoms with Crippen LogP contribution in [-0.4, -0.2) is 32.8 Å². The average Bonchev–Trinajstić information content (AvgIpc) is 3.55. The molecule has 150 valence electrons. The zero-order chi connectivity index (χ0) is 20.3. The lowest BCUT2D eigenvalue weighted by atomic mass is 10.1. The van der Waals surface area contributed by atoms with Crippen LogP contribution in [0, 0.1) is 5.92 Å². The number of benzene rings is 2. The summed E-state index contributed by atoms with van der Waals surface area (Å²) >= 11 is 3.52. The third-order valence-corrected chi connectivity index (χ3v) is 5.64. The summed E-state index contributed by atoms with van der Waals surface area (Å²) in [7, 11) is 3.21. The Labute approximate surface area is 174 Å². The van der Waals surface area contributed by atoms with Crippen LogP contribution in [0.4, 0.5) is 5.69 Å². The summed E-state index contributed by atoms with van der Waals surface area (Å²) < 4.78 is 17.1. The molecule has 2 aromatic rings. The molecule has 28 heavy (non-hydrogen) atoms. The van der Waals surface area contributed by atoms with Crippen LogP contribution < -0.4 is 19.1 Å². The summed E-state index contributed by atoms with van der Waals surface area (Å²) in [5, 5.41) is 0. The molecule has 0 spiro atoms. The van der Waals surface area contributed by atoms with E-state index >= 15 is 0 Å². The number of amides is 1. The number of anilines is 1. The van der Waals surface area contributed by atoms with Crippen molar-refractivity contribution >= 4 is 27.5 Å². The Kier molecular flexibility index (Phi) is 6.50. The van der Waals surface area contributed by atoms with E-state index in [4.69, 9.17) is 14.2 Å². The molecule has 1 saturated carbocycles. The number of carbonyl (C=O) groups is 1. The van der Waals surface area contributed by atoms with Crippen LogP contribution in [0.5, 0.6) is 17.2 Å². The third-order valence-electron chi connectivity index (χ3n) is 5.05. The predicted molar refractivity (Wildman–Crippen MR) is 114 cm³/mol. The maximum absolute atomic E-state index is 13.5. The number of hydrogen-bond donors (Lipinski definition) is 0. The molecule has 0 heterocycles. The van der Waals surface area contributed by atoms with Crippen molar-refractivity contribution in [3.05, 3.63) is 46.4 Å². The summed E-state index contributed by atoms with van der Waals surface area (Å²) in [5.41, 5.74) is 1.41. The summed E-state index contributed by atoms with van der Waals surface area (Å²) in [6, 6.07) is 11.3. The number of hydrogen-bond acceptors (Lipinski definition) is 4. The molecule has 5 nitrogen and oxygen atoms in total. The Bertz CT molecular complexity index is 833. The van der Waals surface area contributed by atoms with E-state index in [0.717, 1.165) is 24.3 Å². The predicted octanol–water partition coefficient (Wildman–Crippen LogP) is 5.31. The number of ether oxygens (including phenoxy) is 3. The van der Waals surface area contributed by atoms with Gasteiger partial charge in [-0.25, -0.2) is 0 Å². The van der Waals surface area contributed by atoms with Gasteiger partial charge < -0.3 is 19.1 Å². The summed E-state index contributed by atoms with van der Waals surface area (Å²) in [4.78, 5) is 15.4. The molecule has 1 aliphatic rings. The normalized spacial score (nSPS) is 14.3. The molecule has 2 aromatic carbocycles. The van der Waals surface area contributed by atoms with E-state index in [1.165, 1.54) is 0 Å². The van der Waals surface area contributed by atoms with Gasteiger partial charge in [0, 0.05) is 17.3 Å². The fourth-order valence-electron chi connectivity index (χ4n) is 3.34. The molecule has 0 saturated heterocycles. The second-order valence-corrected chi connectivity index (χ2v) is 7.73. The van der Waals surface area contributed by atoms with E-state index in [-0.39, 0.29) is 11.9 Å². The van der Waals surface area contributed by atoms with E-state index in [2.05, 4.69) is 22.9 Å². The zero-order valence-electron chi connectivity index (χ0n) is 16.7. The molecular formula is C22H26BrNO4. The van der Waals surface area contributed by atoms with Gasteiger partial charge in [0.1, 0.15) is 5.75 Å². The molecule has 0 radical (unpaired) electrons. The smallest absolute Gasteiger partial charge is 0.258 e. The van der Waals surface area contributed by atoms with E-state index in [1.807, 2.05) is 36.1 Å². The van der Waals surface area contributed by atoms with Gasteiger partial charge in [-0.15, -0.1) is 0 Å². The quantitative estimate of drug-likeness (QED) is 0.549. The first-order valence-corrected chi connectivity index (χ1v) is 10.3. The SMILES string of the molecule is CCOc1c(Br)cc(C(=O)N(c2ccc(OC)cc2)C(C)C2CC2)cc1OC. The van der Waals surface area contributed by atoms with Crippen LogP contribution in [0.2, 0.25) is 0 Å². The van der Waals surface area contributed by atoms with Crippen molar-refractivity contribution in [2.24, 2.45) is 5.92 Å². The molecule has 1 aliphatic carbocycles. The first-order valence-electron chi connectivity index (χ1n) is 9.48. The van der Waals surface area contributed by atoms with Gasteiger partial charge >= 0.3 is 0 Å². The Morgan fingerprint density at radius 3 is 2.39 bits per heavy atom. The van der Waals surface area contributed by atoms with E-state index < -0.39 is 0 Å². The molecule has 1 amide bonds. The highest BCUT2D eigenvalue weighted by atomic mass is 79.9. The number of methoxy groups -OCH3 is 2. The Balaban J connectivity index is 2.00. The van der Waals surface area contributed by atoms with E-state index in [1.54, 1.807) is 26.4 Å². The van der Waals surface area contributed by atoms with Crippen molar-refractivity contribution in [3.8, 4) is 17.2 Å². The van der Waals surface area contributed by atoms with Gasteiger partial charge in [0.2, 0.25) is 0 Å². The molecule has 1 atom stereocenters. The first kappa shape index (κ1) is 20.5. The number of nitrogens with zero attached hydrogens (tertiary/aromatic N) is 1. The summed E-state index contributed by atoms with van der Waals surface area (Å²) in [5.74, 6) is 2.37. The number of rotatable bonds is 8. The molecule has 0 aliphatic heterocycles. The maximum Gasteiger partial charge on any atom is 0.258 e. The van der Waals surface area contributed by atoms with Crippen molar-refractivity contribution < 1.29 is 19.0 Å². The van der Waals surface area contributed by atoms with Gasteiger partial charge in [0.05, 0.1) is 25.3 Å². The van der Waals surface area contributed by atoms with Gasteiger partial charge in [0.15, 0.2) is 11.5 Å². The fourth-order valence-corrected chi connectivity index (χ4v) is 3.89. The van der Waals surface area contributed by atoms with Gasteiger partial charge in [0.25, 0.3) is 5.91 Å². The van der Waals surface area contributed by atoms with Crippen LogP contribution in [-0.2, 0) is 0 Å². The molecular weight excluding hydrogens is 422 g/mol. The number of halogens is 1. The van der Waals surface area contributed by atoms with Crippen molar-refractivity contribution in [2.45, 2.75) is 32.7 Å². The van der Waals surface area contributed by atoms with E-state index in [0.29, 0.717) is 34.1 Å². The van der Waals surface area contributed by atoms with Crippen LogP contribution in [0.15, 0.2) is 40.9 Å². The van der Waals surface area contributed by atoms with Gasteiger partial charge in [-0.2, -0.15) is 0 Å². The topological polar surface area (TPSA) is 48.0 Å². The van der Waals surface area contributed by atoms with E-state index in [9.17, 15) is 4.79 Å². The lowest BCUT2D eigenvalue weighted by Gasteiger charge is -2.30. The highest BCUT2D eigenvalue weighted by molar-refractivity contribution is 9.10. The second kappa shape index (κ2) is 8.86.